The van der Waals surface area contributed by atoms with Gasteiger partial charge in [-0.1, -0.05) is 6.07 Å². The van der Waals surface area contributed by atoms with Crippen LogP contribution in [0.3, 0.4) is 0 Å². The molecule has 1 spiro atoms. The van der Waals surface area contributed by atoms with Crippen LogP contribution >= 0.6 is 0 Å². The van der Waals surface area contributed by atoms with E-state index >= 15 is 0 Å². The molecule has 0 N–H and O–H groups in total. The number of likely N-dealkylation sites (tertiary alicyclic amines) is 1. The number of hydrogen-bond acceptors (Lipinski definition) is 5. The third-order valence-corrected chi connectivity index (χ3v) is 4.89. The summed E-state index contributed by atoms with van der Waals surface area (Å²) in [6.07, 6.45) is 3.78. The van der Waals surface area contributed by atoms with Crippen molar-refractivity contribution in [3.05, 3.63) is 30.1 Å². The molecular weight excluding hydrogens is 308 g/mol. The second-order valence-electron chi connectivity index (χ2n) is 6.45. The molecule has 0 bridgehead atoms. The van der Waals surface area contributed by atoms with Gasteiger partial charge >= 0.3 is 0 Å². The van der Waals surface area contributed by atoms with Gasteiger partial charge in [0.1, 0.15) is 12.2 Å². The summed E-state index contributed by atoms with van der Waals surface area (Å²) < 4.78 is 16.9. The molecule has 0 aliphatic carbocycles. The molecule has 2 fully saturated rings. The van der Waals surface area contributed by atoms with Crippen molar-refractivity contribution in [2.45, 2.75) is 32.0 Å². The first-order chi connectivity index (χ1) is 11.7. The monoisotopic (exact) mass is 334 g/mol. The fraction of sp³-hybridized carbons (Fsp3) is 0.667. The van der Waals surface area contributed by atoms with Gasteiger partial charge in [-0.15, -0.1) is 0 Å². The second kappa shape index (κ2) is 8.05. The maximum Gasteiger partial charge on any atom is 0.248 e. The van der Waals surface area contributed by atoms with E-state index in [4.69, 9.17) is 14.2 Å². The number of nitrogens with zero attached hydrogens (tertiary/aromatic N) is 2. The normalized spacial score (nSPS) is 21.9. The van der Waals surface area contributed by atoms with Gasteiger partial charge < -0.3 is 19.1 Å². The number of ether oxygens (including phenoxy) is 3. The Morgan fingerprint density at radius 2 is 2.29 bits per heavy atom. The SMILES string of the molecule is CCOCC(=O)N1CC2(C1)OCCC2CCOCc1ccccn1. The number of amides is 1. The predicted molar refractivity (Wildman–Crippen MR) is 88.4 cm³/mol. The molecule has 3 heterocycles. The topological polar surface area (TPSA) is 60.9 Å². The highest BCUT2D eigenvalue weighted by atomic mass is 16.5. The highest BCUT2D eigenvalue weighted by molar-refractivity contribution is 5.78. The lowest BCUT2D eigenvalue weighted by molar-refractivity contribution is -0.169. The smallest absolute Gasteiger partial charge is 0.248 e. The summed E-state index contributed by atoms with van der Waals surface area (Å²) >= 11 is 0. The molecule has 132 valence electrons. The average Bonchev–Trinajstić information content (AvgIpc) is 3.00. The van der Waals surface area contributed by atoms with Crippen molar-refractivity contribution in [2.75, 3.05) is 39.5 Å². The molecule has 1 amide bonds. The third-order valence-electron chi connectivity index (χ3n) is 4.89. The zero-order chi connectivity index (χ0) is 16.8. The van der Waals surface area contributed by atoms with Crippen molar-refractivity contribution in [2.24, 2.45) is 5.92 Å². The van der Waals surface area contributed by atoms with Crippen LogP contribution in [0, 0.1) is 5.92 Å². The first kappa shape index (κ1) is 17.3. The van der Waals surface area contributed by atoms with E-state index in [9.17, 15) is 4.79 Å². The minimum Gasteiger partial charge on any atom is -0.375 e. The molecule has 3 rings (SSSR count). The summed E-state index contributed by atoms with van der Waals surface area (Å²) in [5, 5.41) is 0. The predicted octanol–water partition coefficient (Wildman–Crippen LogP) is 1.64. The first-order valence-electron chi connectivity index (χ1n) is 8.70. The van der Waals surface area contributed by atoms with E-state index in [1.165, 1.54) is 0 Å². The quantitative estimate of drug-likeness (QED) is 0.677. The van der Waals surface area contributed by atoms with Crippen LogP contribution in [0.15, 0.2) is 24.4 Å². The molecule has 24 heavy (non-hydrogen) atoms. The van der Waals surface area contributed by atoms with Gasteiger partial charge in [-0.2, -0.15) is 0 Å². The molecule has 1 aromatic heterocycles. The molecule has 2 aliphatic rings. The number of aromatic nitrogens is 1. The fourth-order valence-electron chi connectivity index (χ4n) is 3.48. The Morgan fingerprint density at radius 1 is 1.42 bits per heavy atom. The van der Waals surface area contributed by atoms with E-state index in [1.807, 2.05) is 30.0 Å². The summed E-state index contributed by atoms with van der Waals surface area (Å²) in [4.78, 5) is 18.1. The lowest BCUT2D eigenvalue weighted by Gasteiger charge is -2.50. The Morgan fingerprint density at radius 3 is 3.04 bits per heavy atom. The van der Waals surface area contributed by atoms with Gasteiger partial charge in [-0.05, 0) is 37.8 Å². The standard InChI is InChI=1S/C18H26N2O4/c1-2-22-12-17(21)20-13-18(14-20)15(7-10-24-18)6-9-23-11-16-5-3-4-8-19-16/h3-5,8,15H,2,6-7,9-14H2,1H3. The maximum absolute atomic E-state index is 12.0. The van der Waals surface area contributed by atoms with Crippen LogP contribution < -0.4 is 0 Å². The average molecular weight is 334 g/mol. The van der Waals surface area contributed by atoms with Gasteiger partial charge in [0, 0.05) is 26.0 Å². The summed E-state index contributed by atoms with van der Waals surface area (Å²) in [5.74, 6) is 0.514. The van der Waals surface area contributed by atoms with E-state index in [-0.39, 0.29) is 18.1 Å². The Labute approximate surface area is 143 Å². The molecule has 1 atom stereocenters. The Balaban J connectivity index is 1.39. The summed E-state index contributed by atoms with van der Waals surface area (Å²) in [6.45, 7) is 6.01. The Hall–Kier alpha value is -1.50. The van der Waals surface area contributed by atoms with Crippen molar-refractivity contribution in [1.29, 1.82) is 0 Å². The lowest BCUT2D eigenvalue weighted by Crippen LogP contribution is -2.66. The van der Waals surface area contributed by atoms with Crippen LogP contribution in [-0.4, -0.2) is 60.9 Å². The molecular formula is C18H26N2O4. The van der Waals surface area contributed by atoms with Crippen LogP contribution in [0.2, 0.25) is 0 Å². The molecule has 1 aromatic rings. The number of pyridine rings is 1. The van der Waals surface area contributed by atoms with E-state index in [0.29, 0.717) is 38.8 Å². The highest BCUT2D eigenvalue weighted by Crippen LogP contribution is 2.41. The molecule has 6 nitrogen and oxygen atoms in total. The van der Waals surface area contributed by atoms with Crippen molar-refractivity contribution in [3.8, 4) is 0 Å². The number of carbonyl (C=O) groups excluding carboxylic acids is 1. The molecule has 0 radical (unpaired) electrons. The number of carbonyl (C=O) groups is 1. The minimum atomic E-state index is -0.157. The number of rotatable bonds is 8. The van der Waals surface area contributed by atoms with Crippen LogP contribution in [0.4, 0.5) is 0 Å². The Bertz CT molecular complexity index is 531. The van der Waals surface area contributed by atoms with Crippen LogP contribution in [-0.2, 0) is 25.6 Å². The summed E-state index contributed by atoms with van der Waals surface area (Å²) in [6, 6.07) is 5.83. The van der Waals surface area contributed by atoms with Crippen LogP contribution in [0.5, 0.6) is 0 Å². The minimum absolute atomic E-state index is 0.0585. The molecule has 0 aromatic carbocycles. The molecule has 2 aliphatic heterocycles. The van der Waals surface area contributed by atoms with Crippen molar-refractivity contribution in [1.82, 2.24) is 9.88 Å². The Kier molecular flexibility index (Phi) is 5.81. The van der Waals surface area contributed by atoms with Crippen LogP contribution in [0.1, 0.15) is 25.5 Å². The zero-order valence-corrected chi connectivity index (χ0v) is 14.3. The van der Waals surface area contributed by atoms with Crippen molar-refractivity contribution >= 4 is 5.91 Å². The van der Waals surface area contributed by atoms with E-state index in [0.717, 1.165) is 25.1 Å². The third kappa shape index (κ3) is 3.94. The van der Waals surface area contributed by atoms with Crippen LogP contribution in [0.25, 0.3) is 0 Å². The fourth-order valence-corrected chi connectivity index (χ4v) is 3.48. The van der Waals surface area contributed by atoms with Crippen molar-refractivity contribution in [3.63, 3.8) is 0 Å². The zero-order valence-electron chi connectivity index (χ0n) is 14.3. The molecule has 0 saturated carbocycles. The number of hydrogen-bond donors (Lipinski definition) is 0. The lowest BCUT2D eigenvalue weighted by atomic mass is 9.79. The van der Waals surface area contributed by atoms with Crippen molar-refractivity contribution < 1.29 is 19.0 Å². The summed E-state index contributed by atoms with van der Waals surface area (Å²) in [5.41, 5.74) is 0.794. The molecule has 2 saturated heterocycles. The van der Waals surface area contributed by atoms with E-state index in [1.54, 1.807) is 6.20 Å². The van der Waals surface area contributed by atoms with Gasteiger partial charge in [0.2, 0.25) is 5.91 Å². The summed E-state index contributed by atoms with van der Waals surface area (Å²) in [7, 11) is 0. The second-order valence-corrected chi connectivity index (χ2v) is 6.45. The largest absolute Gasteiger partial charge is 0.375 e. The molecule has 6 heteroatoms. The van der Waals surface area contributed by atoms with E-state index in [2.05, 4.69) is 4.98 Å². The van der Waals surface area contributed by atoms with Gasteiger partial charge in [0.05, 0.1) is 25.4 Å². The molecule has 1 unspecified atom stereocenters. The van der Waals surface area contributed by atoms with Gasteiger partial charge in [-0.3, -0.25) is 9.78 Å². The highest BCUT2D eigenvalue weighted by Gasteiger charge is 2.53. The van der Waals surface area contributed by atoms with Gasteiger partial charge in [0.15, 0.2) is 0 Å². The van der Waals surface area contributed by atoms with Gasteiger partial charge in [0.25, 0.3) is 0 Å². The first-order valence-corrected chi connectivity index (χ1v) is 8.70. The maximum atomic E-state index is 12.0. The van der Waals surface area contributed by atoms with E-state index < -0.39 is 0 Å². The van der Waals surface area contributed by atoms with Gasteiger partial charge in [-0.25, -0.2) is 0 Å².